The van der Waals surface area contributed by atoms with Crippen LogP contribution in [0.25, 0.3) is 10.8 Å². The molecule has 0 fully saturated rings. The SMILES string of the molecule is CCCOP(=O)(CC)OOc1cccc2ccccc12. The Bertz CT molecular complexity index is 606. The summed E-state index contributed by atoms with van der Waals surface area (Å²) in [5, 5.41) is 1.95. The summed E-state index contributed by atoms with van der Waals surface area (Å²) in [4.78, 5) is 5.28. The Morgan fingerprint density at radius 3 is 2.55 bits per heavy atom. The fraction of sp³-hybridized carbons (Fsp3) is 0.333. The van der Waals surface area contributed by atoms with Gasteiger partial charge in [0.25, 0.3) is 0 Å². The van der Waals surface area contributed by atoms with Gasteiger partial charge in [0.2, 0.25) is 0 Å². The van der Waals surface area contributed by atoms with Gasteiger partial charge in [-0.05, 0) is 17.9 Å². The zero-order valence-corrected chi connectivity index (χ0v) is 12.6. The number of benzene rings is 2. The Kier molecular flexibility index (Phi) is 5.18. The zero-order chi connectivity index (χ0) is 14.4. The predicted molar refractivity (Wildman–Crippen MR) is 80.1 cm³/mol. The molecule has 2 aromatic carbocycles. The molecule has 108 valence electrons. The lowest BCUT2D eigenvalue weighted by molar-refractivity contribution is -0.111. The Morgan fingerprint density at radius 1 is 1.05 bits per heavy atom. The van der Waals surface area contributed by atoms with Crippen LogP contribution < -0.4 is 4.89 Å². The second kappa shape index (κ2) is 6.89. The number of fused-ring (bicyclic) bond motifs is 1. The van der Waals surface area contributed by atoms with Crippen molar-refractivity contribution in [3.63, 3.8) is 0 Å². The molecular weight excluding hydrogens is 275 g/mol. The summed E-state index contributed by atoms with van der Waals surface area (Å²) in [6.07, 6.45) is 1.05. The van der Waals surface area contributed by atoms with E-state index in [0.717, 1.165) is 17.2 Å². The summed E-state index contributed by atoms with van der Waals surface area (Å²) >= 11 is 0. The van der Waals surface area contributed by atoms with Crippen molar-refractivity contribution in [3.05, 3.63) is 42.5 Å². The van der Waals surface area contributed by atoms with Crippen LogP contribution in [-0.4, -0.2) is 12.8 Å². The van der Waals surface area contributed by atoms with Gasteiger partial charge in [-0.2, -0.15) is 0 Å². The fourth-order valence-electron chi connectivity index (χ4n) is 1.76. The lowest BCUT2D eigenvalue weighted by atomic mass is 10.1. The minimum Gasteiger partial charge on any atom is -0.328 e. The van der Waals surface area contributed by atoms with Crippen LogP contribution >= 0.6 is 7.60 Å². The number of hydrogen-bond donors (Lipinski definition) is 0. The molecule has 0 aliphatic heterocycles. The molecule has 2 aromatic rings. The quantitative estimate of drug-likeness (QED) is 0.418. The van der Waals surface area contributed by atoms with Gasteiger partial charge >= 0.3 is 7.60 Å². The molecule has 0 amide bonds. The lowest BCUT2D eigenvalue weighted by Gasteiger charge is -2.16. The normalized spacial score (nSPS) is 14.1. The van der Waals surface area contributed by atoms with E-state index in [2.05, 4.69) is 0 Å². The fourth-order valence-corrected chi connectivity index (χ4v) is 2.75. The summed E-state index contributed by atoms with van der Waals surface area (Å²) in [6, 6.07) is 13.4. The van der Waals surface area contributed by atoms with Crippen molar-refractivity contribution in [2.24, 2.45) is 0 Å². The summed E-state index contributed by atoms with van der Waals surface area (Å²) < 4.78 is 22.7. The second-order valence-corrected chi connectivity index (χ2v) is 6.66. The van der Waals surface area contributed by atoms with Gasteiger partial charge in [0.15, 0.2) is 5.75 Å². The van der Waals surface area contributed by atoms with Gasteiger partial charge in [0, 0.05) is 5.39 Å². The van der Waals surface area contributed by atoms with Crippen LogP contribution in [0.4, 0.5) is 0 Å². The molecule has 1 atom stereocenters. The Labute approximate surface area is 119 Å². The van der Waals surface area contributed by atoms with Gasteiger partial charge in [-0.1, -0.05) is 54.9 Å². The van der Waals surface area contributed by atoms with Crippen LogP contribution in [0.1, 0.15) is 20.3 Å². The van der Waals surface area contributed by atoms with Crippen LogP contribution in [0.15, 0.2) is 42.5 Å². The van der Waals surface area contributed by atoms with E-state index < -0.39 is 7.60 Å². The first-order valence-corrected chi connectivity index (χ1v) is 8.49. The van der Waals surface area contributed by atoms with Crippen molar-refractivity contribution in [1.82, 2.24) is 0 Å². The van der Waals surface area contributed by atoms with E-state index in [-0.39, 0.29) is 6.16 Å². The number of rotatable bonds is 7. The minimum atomic E-state index is -3.18. The third-order valence-corrected chi connectivity index (χ3v) is 4.52. The summed E-state index contributed by atoms with van der Waals surface area (Å²) in [6.45, 7) is 4.10. The van der Waals surface area contributed by atoms with E-state index in [0.29, 0.717) is 12.4 Å². The molecule has 5 heteroatoms. The van der Waals surface area contributed by atoms with Crippen molar-refractivity contribution in [3.8, 4) is 5.75 Å². The van der Waals surface area contributed by atoms with Crippen LogP contribution in [0, 0.1) is 0 Å². The summed E-state index contributed by atoms with van der Waals surface area (Å²) in [5.74, 6) is 0.539. The Morgan fingerprint density at radius 2 is 1.80 bits per heavy atom. The average molecular weight is 294 g/mol. The highest BCUT2D eigenvalue weighted by Gasteiger charge is 2.24. The molecule has 0 saturated heterocycles. The van der Waals surface area contributed by atoms with Crippen molar-refractivity contribution in [2.45, 2.75) is 20.3 Å². The topological polar surface area (TPSA) is 44.8 Å². The van der Waals surface area contributed by atoms with Gasteiger partial charge in [-0.3, -0.25) is 4.57 Å². The molecule has 0 aromatic heterocycles. The molecular formula is C15H19O4P. The predicted octanol–water partition coefficient (Wildman–Crippen LogP) is 4.79. The molecule has 0 spiro atoms. The number of hydrogen-bond acceptors (Lipinski definition) is 4. The van der Waals surface area contributed by atoms with Gasteiger partial charge in [-0.25, -0.2) is 0 Å². The third kappa shape index (κ3) is 3.60. The van der Waals surface area contributed by atoms with Crippen LogP contribution in [0.5, 0.6) is 5.75 Å². The largest absolute Gasteiger partial charge is 0.368 e. The van der Waals surface area contributed by atoms with Crippen LogP contribution in [0.3, 0.4) is 0 Å². The van der Waals surface area contributed by atoms with Crippen molar-refractivity contribution < 1.29 is 18.7 Å². The second-order valence-electron chi connectivity index (χ2n) is 4.40. The Hall–Kier alpha value is -1.35. The van der Waals surface area contributed by atoms with Gasteiger partial charge in [0.05, 0.1) is 12.8 Å². The molecule has 0 aliphatic carbocycles. The van der Waals surface area contributed by atoms with E-state index in [1.165, 1.54) is 0 Å². The first-order valence-electron chi connectivity index (χ1n) is 6.76. The van der Waals surface area contributed by atoms with Crippen LogP contribution in [0.2, 0.25) is 0 Å². The van der Waals surface area contributed by atoms with Crippen molar-refractivity contribution in [2.75, 3.05) is 12.8 Å². The molecule has 0 heterocycles. The Balaban J connectivity index is 2.14. The van der Waals surface area contributed by atoms with Gasteiger partial charge in [0.1, 0.15) is 0 Å². The van der Waals surface area contributed by atoms with Crippen LogP contribution in [-0.2, 0) is 13.8 Å². The maximum Gasteiger partial charge on any atom is 0.368 e. The summed E-state index contributed by atoms with van der Waals surface area (Å²) in [7, 11) is -3.18. The third-order valence-electron chi connectivity index (χ3n) is 2.87. The molecule has 0 aliphatic rings. The van der Waals surface area contributed by atoms with E-state index in [4.69, 9.17) is 14.1 Å². The smallest absolute Gasteiger partial charge is 0.328 e. The van der Waals surface area contributed by atoms with Gasteiger partial charge in [-0.15, -0.1) is 0 Å². The van der Waals surface area contributed by atoms with Crippen molar-refractivity contribution >= 4 is 18.4 Å². The molecule has 0 saturated carbocycles. The molecule has 2 rings (SSSR count). The highest BCUT2D eigenvalue weighted by Crippen LogP contribution is 2.48. The summed E-state index contributed by atoms with van der Waals surface area (Å²) in [5.41, 5.74) is 0. The monoisotopic (exact) mass is 294 g/mol. The molecule has 4 nitrogen and oxygen atoms in total. The maximum absolute atomic E-state index is 12.3. The maximum atomic E-state index is 12.3. The van der Waals surface area contributed by atoms with E-state index >= 15 is 0 Å². The zero-order valence-electron chi connectivity index (χ0n) is 11.7. The highest BCUT2D eigenvalue weighted by atomic mass is 31.2. The molecule has 0 N–H and O–H groups in total. The van der Waals surface area contributed by atoms with Gasteiger partial charge < -0.3 is 9.41 Å². The molecule has 0 radical (unpaired) electrons. The first-order chi connectivity index (χ1) is 9.68. The molecule has 20 heavy (non-hydrogen) atoms. The van der Waals surface area contributed by atoms with E-state index in [1.807, 2.05) is 43.3 Å². The standard InChI is InChI=1S/C15H19O4P/c1-3-12-17-20(16,4-2)19-18-15-11-7-9-13-8-5-6-10-14(13)15/h5-11H,3-4,12H2,1-2H3. The average Bonchev–Trinajstić information content (AvgIpc) is 2.51. The van der Waals surface area contributed by atoms with E-state index in [1.54, 1.807) is 13.0 Å². The highest BCUT2D eigenvalue weighted by molar-refractivity contribution is 7.53. The first kappa shape index (κ1) is 15.0. The lowest BCUT2D eigenvalue weighted by Crippen LogP contribution is -2.02. The van der Waals surface area contributed by atoms with E-state index in [9.17, 15) is 4.57 Å². The minimum absolute atomic E-state index is 0.276. The molecule has 1 unspecified atom stereocenters. The van der Waals surface area contributed by atoms with Crippen molar-refractivity contribution in [1.29, 1.82) is 0 Å². The molecule has 0 bridgehead atoms.